The van der Waals surface area contributed by atoms with Crippen LogP contribution >= 0.6 is 24.0 Å². The summed E-state index contributed by atoms with van der Waals surface area (Å²) >= 11 is 0. The summed E-state index contributed by atoms with van der Waals surface area (Å²) in [5.74, 6) is 2.06. The van der Waals surface area contributed by atoms with Gasteiger partial charge in [-0.15, -0.1) is 24.0 Å². The number of hydrogen-bond donors (Lipinski definition) is 3. The number of nitrogens with zero attached hydrogens (tertiary/aromatic N) is 1. The van der Waals surface area contributed by atoms with Crippen LogP contribution in [0.4, 0.5) is 0 Å². The maximum absolute atomic E-state index is 11.8. The van der Waals surface area contributed by atoms with Crippen molar-refractivity contribution in [3.05, 3.63) is 59.7 Å². The summed E-state index contributed by atoms with van der Waals surface area (Å²) < 4.78 is 11.3. The molecular weight excluding hydrogens is 507 g/mol. The number of halogens is 1. The first-order chi connectivity index (χ1) is 14.6. The molecule has 1 amide bonds. The summed E-state index contributed by atoms with van der Waals surface area (Å²) in [7, 11) is 3.26. The van der Waals surface area contributed by atoms with Crippen molar-refractivity contribution in [2.75, 3.05) is 33.8 Å². The lowest BCUT2D eigenvalue weighted by atomic mass is 10.1. The normalized spacial score (nSPS) is 11.7. The van der Waals surface area contributed by atoms with Crippen molar-refractivity contribution in [1.82, 2.24) is 16.0 Å². The van der Waals surface area contributed by atoms with Crippen molar-refractivity contribution < 1.29 is 14.3 Å². The molecule has 0 saturated heterocycles. The summed E-state index contributed by atoms with van der Waals surface area (Å²) in [6, 6.07) is 15.2. The van der Waals surface area contributed by atoms with Gasteiger partial charge in [-0.2, -0.15) is 0 Å². The number of carbonyl (C=O) groups excluding carboxylic acids is 1. The smallest absolute Gasteiger partial charge is 0.251 e. The van der Waals surface area contributed by atoms with Crippen molar-refractivity contribution in [3.8, 4) is 11.5 Å². The predicted octanol–water partition coefficient (Wildman–Crippen LogP) is 3.24. The minimum absolute atomic E-state index is 0. The third kappa shape index (κ3) is 9.04. The van der Waals surface area contributed by atoms with Gasteiger partial charge in [0.2, 0.25) is 0 Å². The molecule has 1 unspecified atom stereocenters. The lowest BCUT2D eigenvalue weighted by Crippen LogP contribution is -2.39. The first-order valence-electron chi connectivity index (χ1n) is 10.2. The Balaban J connectivity index is 0.00000480. The van der Waals surface area contributed by atoms with Gasteiger partial charge in [-0.25, -0.2) is 4.99 Å². The molecule has 7 nitrogen and oxygen atoms in total. The van der Waals surface area contributed by atoms with E-state index in [0.29, 0.717) is 30.2 Å². The number of amides is 1. The molecule has 0 aliphatic heterocycles. The van der Waals surface area contributed by atoms with E-state index < -0.39 is 0 Å². The van der Waals surface area contributed by atoms with Gasteiger partial charge in [-0.05, 0) is 50.1 Å². The topological polar surface area (TPSA) is 84.0 Å². The Hall–Kier alpha value is -2.49. The van der Waals surface area contributed by atoms with Crippen molar-refractivity contribution >= 4 is 35.8 Å². The highest BCUT2D eigenvalue weighted by atomic mass is 127. The SMILES string of the molecule is CCNC(=NCC(C)Oc1ccccc1OC)NCCc1cccc(C(=O)NC)c1.I. The fourth-order valence-electron chi connectivity index (χ4n) is 2.87. The Kier molecular flexibility index (Phi) is 12.4. The number of rotatable bonds is 10. The third-order valence-electron chi connectivity index (χ3n) is 4.37. The first-order valence-corrected chi connectivity index (χ1v) is 10.2. The summed E-state index contributed by atoms with van der Waals surface area (Å²) in [4.78, 5) is 16.4. The predicted molar refractivity (Wildman–Crippen MR) is 136 cm³/mol. The Morgan fingerprint density at radius 2 is 1.84 bits per heavy atom. The zero-order valence-electron chi connectivity index (χ0n) is 18.6. The number of guanidine groups is 1. The minimum atomic E-state index is -0.110. The molecule has 2 rings (SSSR count). The Labute approximate surface area is 202 Å². The van der Waals surface area contributed by atoms with Gasteiger partial charge < -0.3 is 25.4 Å². The highest BCUT2D eigenvalue weighted by molar-refractivity contribution is 14.0. The van der Waals surface area contributed by atoms with E-state index in [1.807, 2.05) is 62.4 Å². The van der Waals surface area contributed by atoms with E-state index in [0.717, 1.165) is 24.5 Å². The molecule has 0 aliphatic carbocycles. The van der Waals surface area contributed by atoms with Crippen molar-refractivity contribution in [2.24, 2.45) is 4.99 Å². The number of benzene rings is 2. The average Bonchev–Trinajstić information content (AvgIpc) is 2.77. The van der Waals surface area contributed by atoms with Crippen molar-refractivity contribution in [3.63, 3.8) is 0 Å². The molecule has 0 spiro atoms. The molecule has 170 valence electrons. The van der Waals surface area contributed by atoms with E-state index in [1.165, 1.54) is 0 Å². The van der Waals surface area contributed by atoms with Crippen LogP contribution in [0.25, 0.3) is 0 Å². The van der Waals surface area contributed by atoms with Crippen LogP contribution in [-0.2, 0) is 6.42 Å². The van der Waals surface area contributed by atoms with Crippen LogP contribution in [0, 0.1) is 0 Å². The molecule has 3 N–H and O–H groups in total. The van der Waals surface area contributed by atoms with Gasteiger partial charge in [0, 0.05) is 25.7 Å². The molecule has 0 fully saturated rings. The van der Waals surface area contributed by atoms with E-state index >= 15 is 0 Å². The molecular formula is C23H33IN4O3. The lowest BCUT2D eigenvalue weighted by Gasteiger charge is -2.16. The highest BCUT2D eigenvalue weighted by Gasteiger charge is 2.09. The largest absolute Gasteiger partial charge is 0.493 e. The standard InChI is InChI=1S/C23H32N4O3.HI/c1-5-25-23(26-14-13-18-9-8-10-19(15-18)22(28)24-3)27-16-17(2)30-21-12-7-6-11-20(21)29-4;/h6-12,15,17H,5,13-14,16H2,1-4H3,(H,24,28)(H2,25,26,27);1H. The van der Waals surface area contributed by atoms with Gasteiger partial charge in [0.05, 0.1) is 13.7 Å². The van der Waals surface area contributed by atoms with Crippen LogP contribution in [0.5, 0.6) is 11.5 Å². The van der Waals surface area contributed by atoms with Gasteiger partial charge in [0.25, 0.3) is 5.91 Å². The van der Waals surface area contributed by atoms with Gasteiger partial charge in [0.15, 0.2) is 17.5 Å². The number of ether oxygens (including phenoxy) is 2. The van der Waals surface area contributed by atoms with E-state index in [4.69, 9.17) is 9.47 Å². The second-order valence-electron chi connectivity index (χ2n) is 6.76. The van der Waals surface area contributed by atoms with E-state index in [9.17, 15) is 4.79 Å². The number of hydrogen-bond acceptors (Lipinski definition) is 4. The number of methoxy groups -OCH3 is 1. The van der Waals surface area contributed by atoms with E-state index in [1.54, 1.807) is 14.2 Å². The number of para-hydroxylation sites is 2. The van der Waals surface area contributed by atoms with Gasteiger partial charge in [0.1, 0.15) is 6.10 Å². The molecule has 31 heavy (non-hydrogen) atoms. The third-order valence-corrected chi connectivity index (χ3v) is 4.37. The van der Waals surface area contributed by atoms with Gasteiger partial charge in [-0.1, -0.05) is 24.3 Å². The van der Waals surface area contributed by atoms with Crippen LogP contribution in [0.1, 0.15) is 29.8 Å². The number of carbonyl (C=O) groups is 1. The average molecular weight is 540 g/mol. The lowest BCUT2D eigenvalue weighted by molar-refractivity contribution is 0.0963. The fourth-order valence-corrected chi connectivity index (χ4v) is 2.87. The summed E-state index contributed by atoms with van der Waals surface area (Å²) in [6.07, 6.45) is 0.670. The Morgan fingerprint density at radius 3 is 2.52 bits per heavy atom. The molecule has 1 atom stereocenters. The molecule has 2 aromatic carbocycles. The quantitative estimate of drug-likeness (QED) is 0.245. The van der Waals surface area contributed by atoms with Crippen LogP contribution in [0.2, 0.25) is 0 Å². The van der Waals surface area contributed by atoms with Crippen LogP contribution in [0.3, 0.4) is 0 Å². The van der Waals surface area contributed by atoms with Gasteiger partial charge in [-0.3, -0.25) is 4.79 Å². The fraction of sp³-hybridized carbons (Fsp3) is 0.391. The molecule has 2 aromatic rings. The summed E-state index contributed by atoms with van der Waals surface area (Å²) in [5, 5.41) is 9.22. The zero-order valence-corrected chi connectivity index (χ0v) is 20.9. The molecule has 0 radical (unpaired) electrons. The zero-order chi connectivity index (χ0) is 21.8. The maximum atomic E-state index is 11.8. The molecule has 0 aromatic heterocycles. The second kappa shape index (κ2) is 14.5. The van der Waals surface area contributed by atoms with Crippen LogP contribution in [0.15, 0.2) is 53.5 Å². The molecule has 0 saturated carbocycles. The molecule has 0 bridgehead atoms. The minimum Gasteiger partial charge on any atom is -0.493 e. The molecule has 0 heterocycles. The Morgan fingerprint density at radius 1 is 1.10 bits per heavy atom. The highest BCUT2D eigenvalue weighted by Crippen LogP contribution is 2.26. The summed E-state index contributed by atoms with van der Waals surface area (Å²) in [5.41, 5.74) is 1.75. The van der Waals surface area contributed by atoms with E-state index in [2.05, 4.69) is 20.9 Å². The maximum Gasteiger partial charge on any atom is 0.251 e. The number of nitrogens with one attached hydrogen (secondary N) is 3. The first kappa shape index (κ1) is 26.5. The van der Waals surface area contributed by atoms with Gasteiger partial charge >= 0.3 is 0 Å². The molecule has 0 aliphatic rings. The Bertz CT molecular complexity index is 845. The van der Waals surface area contributed by atoms with Crippen molar-refractivity contribution in [1.29, 1.82) is 0 Å². The summed E-state index contributed by atoms with van der Waals surface area (Å²) in [6.45, 7) is 5.96. The van der Waals surface area contributed by atoms with Crippen LogP contribution < -0.4 is 25.4 Å². The monoisotopic (exact) mass is 540 g/mol. The van der Waals surface area contributed by atoms with Crippen molar-refractivity contribution in [2.45, 2.75) is 26.4 Å². The second-order valence-corrected chi connectivity index (χ2v) is 6.76. The van der Waals surface area contributed by atoms with Crippen LogP contribution in [-0.4, -0.2) is 51.8 Å². The number of aliphatic imine (C=N–C) groups is 1. The molecule has 8 heteroatoms. The van der Waals surface area contributed by atoms with E-state index in [-0.39, 0.29) is 36.0 Å².